The van der Waals surface area contributed by atoms with E-state index in [1.165, 1.54) is 0 Å². The molecule has 184 valence electrons. The predicted molar refractivity (Wildman–Crippen MR) is 142 cm³/mol. The number of aryl methyl sites for hydroxylation is 2. The van der Waals surface area contributed by atoms with E-state index < -0.39 is 0 Å². The highest BCUT2D eigenvalue weighted by atomic mass is 16.2. The minimum absolute atomic E-state index is 0.00715. The largest absolute Gasteiger partial charge is 0.309 e. The van der Waals surface area contributed by atoms with Gasteiger partial charge in [-0.05, 0) is 75.6 Å². The van der Waals surface area contributed by atoms with Gasteiger partial charge in [0.05, 0.1) is 11.7 Å². The van der Waals surface area contributed by atoms with Crippen LogP contribution in [0.3, 0.4) is 0 Å². The van der Waals surface area contributed by atoms with Gasteiger partial charge in [-0.25, -0.2) is 0 Å². The van der Waals surface area contributed by atoms with Gasteiger partial charge in [-0.1, -0.05) is 64.1 Å². The summed E-state index contributed by atoms with van der Waals surface area (Å²) in [5, 5.41) is 0. The van der Waals surface area contributed by atoms with Gasteiger partial charge in [0.2, 0.25) is 11.8 Å². The topological polar surface area (TPSA) is 40.6 Å². The van der Waals surface area contributed by atoms with E-state index in [-0.39, 0.29) is 35.7 Å². The van der Waals surface area contributed by atoms with Crippen molar-refractivity contribution in [1.82, 2.24) is 0 Å². The van der Waals surface area contributed by atoms with Crippen LogP contribution < -0.4 is 9.80 Å². The van der Waals surface area contributed by atoms with Crippen molar-refractivity contribution in [3.05, 3.63) is 59.2 Å². The molecule has 2 unspecified atom stereocenters. The summed E-state index contributed by atoms with van der Waals surface area (Å²) in [5.74, 6) is 0.390. The highest BCUT2D eigenvalue weighted by Crippen LogP contribution is 2.45. The van der Waals surface area contributed by atoms with Gasteiger partial charge in [-0.3, -0.25) is 9.59 Å². The lowest BCUT2D eigenvalue weighted by Crippen LogP contribution is -2.50. The maximum absolute atomic E-state index is 14.0. The summed E-state index contributed by atoms with van der Waals surface area (Å²) in [7, 11) is 0. The van der Waals surface area contributed by atoms with Crippen LogP contribution in [0.4, 0.5) is 11.4 Å². The zero-order valence-corrected chi connectivity index (χ0v) is 22.1. The maximum atomic E-state index is 14.0. The monoisotopic (exact) mass is 462 g/mol. The van der Waals surface area contributed by atoms with Crippen LogP contribution in [-0.4, -0.2) is 17.9 Å². The molecule has 0 aliphatic carbocycles. The second-order valence-corrected chi connectivity index (χ2v) is 9.84. The first-order chi connectivity index (χ1) is 16.3. The second kappa shape index (κ2) is 11.2. The Balaban J connectivity index is 2.20. The molecule has 0 radical (unpaired) electrons. The predicted octanol–water partition coefficient (Wildman–Crippen LogP) is 7.38. The van der Waals surface area contributed by atoms with E-state index in [2.05, 4.69) is 83.7 Å². The van der Waals surface area contributed by atoms with Crippen molar-refractivity contribution in [2.24, 2.45) is 11.8 Å². The van der Waals surface area contributed by atoms with Crippen molar-refractivity contribution < 1.29 is 9.59 Å². The van der Waals surface area contributed by atoms with Crippen LogP contribution in [0.25, 0.3) is 0 Å². The van der Waals surface area contributed by atoms with Crippen molar-refractivity contribution in [2.75, 3.05) is 9.80 Å². The summed E-state index contributed by atoms with van der Waals surface area (Å²) in [6, 6.07) is 14.4. The summed E-state index contributed by atoms with van der Waals surface area (Å²) < 4.78 is 0. The number of hydrogen-bond acceptors (Lipinski definition) is 2. The molecule has 2 atom stereocenters. The van der Waals surface area contributed by atoms with Crippen LogP contribution in [0.15, 0.2) is 42.5 Å². The molecule has 2 aromatic rings. The highest BCUT2D eigenvalue weighted by molar-refractivity contribution is 6.00. The molecule has 0 aromatic heterocycles. The van der Waals surface area contributed by atoms with Gasteiger partial charge < -0.3 is 9.80 Å². The van der Waals surface area contributed by atoms with Gasteiger partial charge in [-0.2, -0.15) is 0 Å². The molecular weight excluding hydrogens is 420 g/mol. The summed E-state index contributed by atoms with van der Waals surface area (Å²) in [6.07, 6.45) is 4.04. The molecule has 4 heteroatoms. The van der Waals surface area contributed by atoms with E-state index >= 15 is 0 Å². The van der Waals surface area contributed by atoms with Gasteiger partial charge >= 0.3 is 0 Å². The number of benzene rings is 2. The van der Waals surface area contributed by atoms with E-state index in [9.17, 15) is 9.59 Å². The fourth-order valence-electron chi connectivity index (χ4n) is 5.57. The first-order valence-electron chi connectivity index (χ1n) is 13.1. The van der Waals surface area contributed by atoms with Crippen molar-refractivity contribution in [3.8, 4) is 0 Å². The van der Waals surface area contributed by atoms with Crippen molar-refractivity contribution in [1.29, 1.82) is 0 Å². The van der Waals surface area contributed by atoms with Gasteiger partial charge in [-0.15, -0.1) is 0 Å². The number of para-hydroxylation sites is 2. The van der Waals surface area contributed by atoms with E-state index in [0.29, 0.717) is 0 Å². The molecule has 1 aliphatic heterocycles. The zero-order chi connectivity index (χ0) is 25.0. The number of fused-ring (bicyclic) bond motifs is 1. The number of nitrogens with zero attached hydrogens (tertiary/aromatic N) is 2. The molecule has 34 heavy (non-hydrogen) atoms. The van der Waals surface area contributed by atoms with Crippen LogP contribution in [0.1, 0.15) is 89.5 Å². The van der Waals surface area contributed by atoms with E-state index in [4.69, 9.17) is 0 Å². The normalized spacial score (nSPS) is 17.7. The lowest BCUT2D eigenvalue weighted by atomic mass is 9.85. The maximum Gasteiger partial charge on any atom is 0.230 e. The molecule has 0 bridgehead atoms. The van der Waals surface area contributed by atoms with Gasteiger partial charge in [0.1, 0.15) is 0 Å². The summed E-state index contributed by atoms with van der Waals surface area (Å²) in [6.45, 7) is 14.7. The third-order valence-corrected chi connectivity index (χ3v) is 7.71. The van der Waals surface area contributed by atoms with Gasteiger partial charge in [0, 0.05) is 23.6 Å². The smallest absolute Gasteiger partial charge is 0.230 e. The second-order valence-electron chi connectivity index (χ2n) is 9.84. The van der Waals surface area contributed by atoms with Crippen LogP contribution >= 0.6 is 0 Å². The van der Waals surface area contributed by atoms with Crippen molar-refractivity contribution in [2.45, 2.75) is 92.7 Å². The Hall–Kier alpha value is -2.62. The Kier molecular flexibility index (Phi) is 8.57. The molecule has 0 spiro atoms. The Bertz CT molecular complexity index is 1010. The minimum atomic E-state index is -0.107. The van der Waals surface area contributed by atoms with Crippen molar-refractivity contribution >= 4 is 23.2 Å². The molecule has 4 nitrogen and oxygen atoms in total. The third-order valence-electron chi connectivity index (χ3n) is 7.71. The standard InChI is InChI=1S/C30H42N2O2/c1-8-23(9-2)29(33)31-22(7)19-27(25-17-14-16-21(6)28(25)31)32(30(34)24(10-3)11-4)26-18-13-12-15-20(26)5/h12-18,22-24,27H,8-11,19H2,1-7H3. The molecule has 0 saturated heterocycles. The molecule has 0 fully saturated rings. The van der Waals surface area contributed by atoms with E-state index in [0.717, 1.165) is 60.2 Å². The Labute approximate surface area is 206 Å². The van der Waals surface area contributed by atoms with Crippen molar-refractivity contribution in [3.63, 3.8) is 0 Å². The van der Waals surface area contributed by atoms with E-state index in [1.807, 2.05) is 17.0 Å². The molecule has 2 amide bonds. The fraction of sp³-hybridized carbons (Fsp3) is 0.533. The van der Waals surface area contributed by atoms with Crippen LogP contribution in [-0.2, 0) is 9.59 Å². The lowest BCUT2D eigenvalue weighted by Gasteiger charge is -2.46. The molecule has 1 aliphatic rings. The average molecular weight is 463 g/mol. The van der Waals surface area contributed by atoms with Crippen LogP contribution in [0.2, 0.25) is 0 Å². The quantitative estimate of drug-likeness (QED) is 0.411. The van der Waals surface area contributed by atoms with Gasteiger partial charge in [0.15, 0.2) is 0 Å². The van der Waals surface area contributed by atoms with Crippen LogP contribution in [0, 0.1) is 25.7 Å². The SMILES string of the molecule is CCC(CC)C(=O)N1c2c(C)cccc2C(N(C(=O)C(CC)CC)c2ccccc2C)CC1C. The Morgan fingerprint density at radius 1 is 0.882 bits per heavy atom. The molecule has 2 aromatic carbocycles. The number of carbonyl (C=O) groups excluding carboxylic acids is 2. The fourth-order valence-corrected chi connectivity index (χ4v) is 5.57. The molecule has 0 saturated carbocycles. The number of amides is 2. The summed E-state index contributed by atoms with van der Waals surface area (Å²) >= 11 is 0. The summed E-state index contributed by atoms with van der Waals surface area (Å²) in [5.41, 5.74) is 5.25. The van der Waals surface area contributed by atoms with E-state index in [1.54, 1.807) is 0 Å². The minimum Gasteiger partial charge on any atom is -0.309 e. The molecular formula is C30H42N2O2. The molecule has 1 heterocycles. The third kappa shape index (κ3) is 4.78. The average Bonchev–Trinajstić information content (AvgIpc) is 2.82. The lowest BCUT2D eigenvalue weighted by molar-refractivity contribution is -0.123. The molecule has 3 rings (SSSR count). The molecule has 0 N–H and O–H groups in total. The number of hydrogen-bond donors (Lipinski definition) is 0. The first kappa shape index (κ1) is 26.0. The Morgan fingerprint density at radius 2 is 1.47 bits per heavy atom. The summed E-state index contributed by atoms with van der Waals surface area (Å²) in [4.78, 5) is 31.8. The van der Waals surface area contributed by atoms with Crippen LogP contribution in [0.5, 0.6) is 0 Å². The van der Waals surface area contributed by atoms with Gasteiger partial charge in [0.25, 0.3) is 0 Å². The number of anilines is 2. The number of rotatable bonds is 8. The number of carbonyl (C=O) groups is 2. The zero-order valence-electron chi connectivity index (χ0n) is 22.1. The first-order valence-corrected chi connectivity index (χ1v) is 13.1. The Morgan fingerprint density at radius 3 is 2.06 bits per heavy atom. The highest BCUT2D eigenvalue weighted by Gasteiger charge is 2.41.